The van der Waals surface area contributed by atoms with Crippen LogP contribution in [0.5, 0.6) is 0 Å². The minimum absolute atomic E-state index is 0.00435. The van der Waals surface area contributed by atoms with Crippen molar-refractivity contribution in [1.29, 1.82) is 0 Å². The summed E-state index contributed by atoms with van der Waals surface area (Å²) in [5.74, 6) is 0.00534. The van der Waals surface area contributed by atoms with Gasteiger partial charge in [-0.2, -0.15) is 0 Å². The Bertz CT molecular complexity index is 1610. The normalized spacial score (nSPS) is 21.4. The second-order valence-electron chi connectivity index (χ2n) is 10.1. The van der Waals surface area contributed by atoms with Gasteiger partial charge in [0, 0.05) is 62.2 Å². The monoisotopic (exact) mass is 486 g/mol. The van der Waals surface area contributed by atoms with E-state index in [-0.39, 0.29) is 28.9 Å². The third-order valence-electron chi connectivity index (χ3n) is 7.91. The van der Waals surface area contributed by atoms with Gasteiger partial charge in [0.25, 0.3) is 0 Å². The zero-order chi connectivity index (χ0) is 23.5. The van der Waals surface area contributed by atoms with Crippen molar-refractivity contribution in [3.8, 4) is 0 Å². The molecule has 3 aliphatic rings. The summed E-state index contributed by atoms with van der Waals surface area (Å²) in [4.78, 5) is 27.0. The van der Waals surface area contributed by atoms with Crippen LogP contribution in [0.1, 0.15) is 62.9 Å². The maximum absolute atomic E-state index is 13.7. The predicted molar refractivity (Wildman–Crippen MR) is 135 cm³/mol. The van der Waals surface area contributed by atoms with Gasteiger partial charge in [-0.3, -0.25) is 9.59 Å². The van der Waals surface area contributed by atoms with Gasteiger partial charge in [0.05, 0.1) is 16.3 Å². The quantitative estimate of drug-likeness (QED) is 0.265. The maximum atomic E-state index is 13.7. The number of rotatable bonds is 0. The molecule has 34 heavy (non-hydrogen) atoms. The number of carbonyl (C=O) groups excluding carboxylic acids is 2. The first kappa shape index (κ1) is 20.3. The van der Waals surface area contributed by atoms with Crippen LogP contribution >= 0.6 is 23.2 Å². The molecular weight excluding hydrogens is 467 g/mol. The number of carbonyl (C=O) groups is 2. The number of fused-ring (bicyclic) bond motifs is 10. The third kappa shape index (κ3) is 2.40. The number of nitrogens with zero attached hydrogens (tertiary/aromatic N) is 1. The fourth-order valence-electron chi connectivity index (χ4n) is 6.32. The van der Waals surface area contributed by atoms with Gasteiger partial charge < -0.3 is 9.88 Å². The van der Waals surface area contributed by atoms with Crippen LogP contribution in [0.4, 0.5) is 5.69 Å². The molecule has 0 amide bonds. The van der Waals surface area contributed by atoms with Crippen molar-refractivity contribution in [3.63, 3.8) is 0 Å². The van der Waals surface area contributed by atoms with Crippen molar-refractivity contribution in [2.24, 2.45) is 5.92 Å². The van der Waals surface area contributed by atoms with E-state index in [1.165, 1.54) is 0 Å². The molecule has 0 spiro atoms. The first-order valence-corrected chi connectivity index (χ1v) is 12.1. The van der Waals surface area contributed by atoms with Gasteiger partial charge in [0.15, 0.2) is 11.6 Å². The number of ketones is 2. The van der Waals surface area contributed by atoms with Gasteiger partial charge in [-0.05, 0) is 43.7 Å². The topological polar surface area (TPSA) is 51.1 Å². The first-order valence-electron chi connectivity index (χ1n) is 11.4. The number of benzene rings is 3. The van der Waals surface area contributed by atoms with Gasteiger partial charge in [-0.25, -0.2) is 0 Å². The molecule has 3 aromatic carbocycles. The van der Waals surface area contributed by atoms with Crippen molar-refractivity contribution < 1.29 is 9.59 Å². The molecule has 6 heteroatoms. The highest BCUT2D eigenvalue weighted by Gasteiger charge is 2.50. The lowest BCUT2D eigenvalue weighted by molar-refractivity contribution is 0.0979. The van der Waals surface area contributed by atoms with Crippen molar-refractivity contribution in [3.05, 3.63) is 98.2 Å². The highest BCUT2D eigenvalue weighted by atomic mass is 35.5. The van der Waals surface area contributed by atoms with Crippen LogP contribution in [0.25, 0.3) is 10.9 Å². The molecule has 1 N–H and O–H groups in total. The number of hydrogen-bond acceptors (Lipinski definition) is 3. The molecule has 4 aromatic rings. The average Bonchev–Trinajstić information content (AvgIpc) is 3.34. The summed E-state index contributed by atoms with van der Waals surface area (Å²) in [7, 11) is 0. The summed E-state index contributed by atoms with van der Waals surface area (Å²) >= 11 is 13.3. The zero-order valence-corrected chi connectivity index (χ0v) is 20.1. The zero-order valence-electron chi connectivity index (χ0n) is 18.6. The molecule has 168 valence electrons. The lowest BCUT2D eigenvalue weighted by Gasteiger charge is -2.44. The Balaban J connectivity index is 1.51. The molecule has 0 unspecified atom stereocenters. The molecule has 0 saturated carbocycles. The fraction of sp³-hybridized carbons (Fsp3) is 0.214. The summed E-state index contributed by atoms with van der Waals surface area (Å²) in [6.45, 7) is 5.13. The van der Waals surface area contributed by atoms with E-state index in [2.05, 4.69) is 23.7 Å². The van der Waals surface area contributed by atoms with Crippen LogP contribution in [0.2, 0.25) is 10.0 Å². The Labute approximate surface area is 206 Å². The second-order valence-corrected chi connectivity index (χ2v) is 10.9. The summed E-state index contributed by atoms with van der Waals surface area (Å²) in [6, 6.07) is 16.7. The maximum Gasteiger partial charge on any atom is 0.196 e. The molecule has 7 rings (SSSR count). The fourth-order valence-corrected chi connectivity index (χ4v) is 6.86. The predicted octanol–water partition coefficient (Wildman–Crippen LogP) is 6.69. The van der Waals surface area contributed by atoms with Gasteiger partial charge in [0.1, 0.15) is 0 Å². The number of anilines is 1. The smallest absolute Gasteiger partial charge is 0.196 e. The molecule has 0 bridgehead atoms. The SMILES string of the molecule is CC1(C)Nc2c(ccc3c2C(=O)c2ccccc2C3=O)[C@@H]2c3c(Cl)c4cc(Cl)ccc4n3C[C@@H]21. The molecule has 1 aromatic heterocycles. The van der Waals surface area contributed by atoms with Crippen LogP contribution in [0.3, 0.4) is 0 Å². The lowest BCUT2D eigenvalue weighted by atomic mass is 9.69. The summed E-state index contributed by atoms with van der Waals surface area (Å²) < 4.78 is 2.30. The first-order chi connectivity index (χ1) is 16.3. The number of nitrogens with one attached hydrogen (secondary N) is 1. The van der Waals surface area contributed by atoms with Crippen LogP contribution in [-0.4, -0.2) is 21.7 Å². The van der Waals surface area contributed by atoms with E-state index >= 15 is 0 Å². The van der Waals surface area contributed by atoms with E-state index in [0.717, 1.165) is 34.4 Å². The Kier molecular flexibility index (Phi) is 3.90. The van der Waals surface area contributed by atoms with Crippen molar-refractivity contribution in [2.75, 3.05) is 5.32 Å². The molecule has 0 radical (unpaired) electrons. The minimum atomic E-state index is -0.325. The Morgan fingerprint density at radius 3 is 2.44 bits per heavy atom. The van der Waals surface area contributed by atoms with Crippen molar-refractivity contribution in [2.45, 2.75) is 31.8 Å². The molecule has 0 saturated heterocycles. The van der Waals surface area contributed by atoms with E-state index in [0.29, 0.717) is 32.3 Å². The van der Waals surface area contributed by atoms with E-state index < -0.39 is 0 Å². The van der Waals surface area contributed by atoms with Crippen LogP contribution < -0.4 is 5.32 Å². The van der Waals surface area contributed by atoms with Gasteiger partial charge in [-0.1, -0.05) is 53.5 Å². The summed E-state index contributed by atoms with van der Waals surface area (Å²) in [5.41, 5.74) is 5.42. The van der Waals surface area contributed by atoms with Crippen LogP contribution in [-0.2, 0) is 6.54 Å². The van der Waals surface area contributed by atoms with E-state index in [9.17, 15) is 9.59 Å². The largest absolute Gasteiger partial charge is 0.379 e. The van der Waals surface area contributed by atoms with Gasteiger partial charge in [0.2, 0.25) is 0 Å². The van der Waals surface area contributed by atoms with Gasteiger partial charge in [-0.15, -0.1) is 0 Å². The number of hydrogen-bond donors (Lipinski definition) is 1. The number of halogens is 2. The van der Waals surface area contributed by atoms with Crippen LogP contribution in [0, 0.1) is 5.92 Å². The third-order valence-corrected chi connectivity index (χ3v) is 8.54. The summed E-state index contributed by atoms with van der Waals surface area (Å²) in [5, 5.41) is 5.97. The molecule has 1 aliphatic carbocycles. The standard InChI is InChI=1S/C28H20Cl2N2O2/c1-28(2)19-12-32-20-10-7-13(29)11-18(20)23(30)25(32)21(19)16-8-9-17-22(24(16)31-28)27(34)15-6-4-3-5-14(15)26(17)33/h3-11,19,21,31H,12H2,1-2H3/t19-,21-/m0/s1. The molecule has 4 nitrogen and oxygen atoms in total. The minimum Gasteiger partial charge on any atom is -0.379 e. The Hall–Kier alpha value is -3.08. The van der Waals surface area contributed by atoms with Crippen molar-refractivity contribution >= 4 is 51.4 Å². The van der Waals surface area contributed by atoms with Crippen molar-refractivity contribution in [1.82, 2.24) is 4.57 Å². The van der Waals surface area contributed by atoms with Crippen LogP contribution in [0.15, 0.2) is 54.6 Å². The van der Waals surface area contributed by atoms with Gasteiger partial charge >= 0.3 is 0 Å². The van der Waals surface area contributed by atoms with E-state index in [1.807, 2.05) is 30.3 Å². The Morgan fingerprint density at radius 2 is 1.68 bits per heavy atom. The molecule has 2 atom stereocenters. The average molecular weight is 487 g/mol. The lowest BCUT2D eigenvalue weighted by Crippen LogP contribution is -2.46. The Morgan fingerprint density at radius 1 is 0.941 bits per heavy atom. The van der Waals surface area contributed by atoms with E-state index in [1.54, 1.807) is 24.3 Å². The molecule has 2 aliphatic heterocycles. The highest BCUT2D eigenvalue weighted by molar-refractivity contribution is 6.38. The second kappa shape index (κ2) is 6.53. The number of aromatic nitrogens is 1. The van der Waals surface area contributed by atoms with E-state index in [4.69, 9.17) is 23.2 Å². The highest BCUT2D eigenvalue weighted by Crippen LogP contribution is 2.56. The molecule has 0 fully saturated rings. The summed E-state index contributed by atoms with van der Waals surface area (Å²) in [6.07, 6.45) is 0. The molecular formula is C28H20Cl2N2O2. The molecule has 3 heterocycles.